The molecule has 35 heavy (non-hydrogen) atoms. The first-order chi connectivity index (χ1) is 17.0. The predicted molar refractivity (Wildman–Crippen MR) is 131 cm³/mol. The van der Waals surface area contributed by atoms with E-state index in [0.717, 1.165) is 22.5 Å². The minimum Gasteiger partial charge on any atom is -0.488 e. The molecule has 0 atom stereocenters. The van der Waals surface area contributed by atoms with Crippen molar-refractivity contribution < 1.29 is 28.6 Å². The van der Waals surface area contributed by atoms with Crippen molar-refractivity contribution in [3.05, 3.63) is 81.9 Å². The fraction of sp³-hybridized carbons (Fsp3) is 0.231. The van der Waals surface area contributed by atoms with Gasteiger partial charge < -0.3 is 14.2 Å². The molecule has 0 saturated carbocycles. The molecule has 8 nitrogen and oxygen atoms in total. The van der Waals surface area contributed by atoms with Crippen molar-refractivity contribution in [1.29, 1.82) is 0 Å². The van der Waals surface area contributed by atoms with Crippen LogP contribution in [0.25, 0.3) is 6.08 Å². The van der Waals surface area contributed by atoms with Gasteiger partial charge in [0.15, 0.2) is 11.7 Å². The van der Waals surface area contributed by atoms with E-state index in [4.69, 9.17) is 14.2 Å². The summed E-state index contributed by atoms with van der Waals surface area (Å²) in [6.45, 7) is 3.42. The zero-order valence-corrected chi connectivity index (χ0v) is 20.2. The molecule has 0 N–H and O–H groups in total. The van der Waals surface area contributed by atoms with Crippen molar-refractivity contribution in [3.8, 4) is 5.75 Å². The maximum Gasteiger partial charge on any atom is 0.350 e. The van der Waals surface area contributed by atoms with Crippen LogP contribution in [0.3, 0.4) is 0 Å². The van der Waals surface area contributed by atoms with Gasteiger partial charge in [0.25, 0.3) is 5.91 Å². The number of nitrogens with zero attached hydrogens (tertiary/aromatic N) is 2. The molecule has 0 unspecified atom stereocenters. The van der Waals surface area contributed by atoms with Crippen molar-refractivity contribution in [2.75, 3.05) is 24.7 Å². The second-order valence-electron chi connectivity index (χ2n) is 7.67. The van der Waals surface area contributed by atoms with Crippen LogP contribution in [-0.4, -0.2) is 42.7 Å². The van der Waals surface area contributed by atoms with Crippen LogP contribution in [0, 0.1) is 6.92 Å². The summed E-state index contributed by atoms with van der Waals surface area (Å²) < 4.78 is 16.0. The molecule has 0 fully saturated rings. The quantitative estimate of drug-likeness (QED) is 0.435. The predicted octanol–water partition coefficient (Wildman–Crippen LogP) is 4.18. The highest BCUT2D eigenvalue weighted by atomic mass is 32.1. The number of thiazole rings is 1. The molecule has 180 valence electrons. The molecule has 0 bridgehead atoms. The number of ether oxygens (including phenoxy) is 3. The molecule has 1 aromatic heterocycles. The van der Waals surface area contributed by atoms with Crippen molar-refractivity contribution in [2.45, 2.75) is 20.4 Å². The number of benzene rings is 2. The van der Waals surface area contributed by atoms with Gasteiger partial charge >= 0.3 is 11.9 Å². The molecule has 0 aliphatic carbocycles. The maximum atomic E-state index is 13.2. The van der Waals surface area contributed by atoms with Gasteiger partial charge in [-0.05, 0) is 31.6 Å². The molecule has 0 radical (unpaired) electrons. The molecule has 1 aliphatic rings. The SMILES string of the molecule is CCOC(=O)c1sc(N(Cc2ccccc2)C(=O)COC(=O)C2=Cc3ccccc3OC2)nc1C. The van der Waals surface area contributed by atoms with E-state index < -0.39 is 24.5 Å². The molecule has 3 aromatic rings. The first-order valence-electron chi connectivity index (χ1n) is 11.0. The minimum absolute atomic E-state index is 0.0618. The molecule has 1 aliphatic heterocycles. The fourth-order valence-electron chi connectivity index (χ4n) is 3.44. The van der Waals surface area contributed by atoms with Crippen LogP contribution in [-0.2, 0) is 25.6 Å². The van der Waals surface area contributed by atoms with Crippen molar-refractivity contribution in [2.24, 2.45) is 0 Å². The molecule has 4 rings (SSSR count). The topological polar surface area (TPSA) is 95.0 Å². The van der Waals surface area contributed by atoms with Gasteiger partial charge in [0.05, 0.1) is 24.4 Å². The van der Waals surface area contributed by atoms with Crippen LogP contribution in [0.4, 0.5) is 5.13 Å². The van der Waals surface area contributed by atoms with Gasteiger partial charge in [0.1, 0.15) is 17.2 Å². The lowest BCUT2D eigenvalue weighted by molar-refractivity contribution is -0.144. The average Bonchev–Trinajstić information content (AvgIpc) is 3.27. The Labute approximate surface area is 206 Å². The number of hydrogen-bond acceptors (Lipinski definition) is 8. The number of amides is 1. The summed E-state index contributed by atoms with van der Waals surface area (Å²) >= 11 is 1.07. The zero-order chi connectivity index (χ0) is 24.8. The van der Waals surface area contributed by atoms with E-state index in [2.05, 4.69) is 4.98 Å². The van der Waals surface area contributed by atoms with Gasteiger partial charge in [0.2, 0.25) is 0 Å². The highest BCUT2D eigenvalue weighted by Gasteiger charge is 2.26. The summed E-state index contributed by atoms with van der Waals surface area (Å²) in [5.41, 5.74) is 2.42. The summed E-state index contributed by atoms with van der Waals surface area (Å²) in [5, 5.41) is 0.324. The van der Waals surface area contributed by atoms with Crippen LogP contribution in [0.2, 0.25) is 0 Å². The molecule has 0 spiro atoms. The van der Waals surface area contributed by atoms with E-state index in [9.17, 15) is 14.4 Å². The molecule has 2 aromatic carbocycles. The van der Waals surface area contributed by atoms with Gasteiger partial charge in [-0.1, -0.05) is 59.9 Å². The minimum atomic E-state index is -0.630. The van der Waals surface area contributed by atoms with Gasteiger partial charge in [0, 0.05) is 5.56 Å². The van der Waals surface area contributed by atoms with E-state index in [1.54, 1.807) is 19.9 Å². The number of esters is 2. The van der Waals surface area contributed by atoms with Gasteiger partial charge in [-0.25, -0.2) is 14.6 Å². The third-order valence-electron chi connectivity index (χ3n) is 5.18. The Morgan fingerprint density at radius 1 is 1.03 bits per heavy atom. The van der Waals surface area contributed by atoms with Crippen LogP contribution in [0.1, 0.15) is 33.4 Å². The van der Waals surface area contributed by atoms with E-state index in [1.807, 2.05) is 54.6 Å². The zero-order valence-electron chi connectivity index (χ0n) is 19.4. The molecular formula is C26H24N2O6S. The standard InChI is InChI=1S/C26H24N2O6S/c1-3-32-25(31)23-17(2)27-26(35-23)28(14-18-9-5-4-6-10-18)22(29)16-34-24(30)20-13-19-11-7-8-12-21(19)33-15-20/h4-13H,3,14-16H2,1-2H3. The number of hydrogen-bond donors (Lipinski definition) is 0. The van der Waals surface area contributed by atoms with Gasteiger partial charge in [-0.15, -0.1) is 0 Å². The van der Waals surface area contributed by atoms with Crippen LogP contribution in [0.5, 0.6) is 5.75 Å². The molecule has 2 heterocycles. The third kappa shape index (κ3) is 5.75. The van der Waals surface area contributed by atoms with Gasteiger partial charge in [-0.2, -0.15) is 0 Å². The Bertz CT molecular complexity index is 1270. The number of rotatable bonds is 8. The Morgan fingerprint density at radius 2 is 1.77 bits per heavy atom. The number of para-hydroxylation sites is 1. The maximum absolute atomic E-state index is 13.2. The molecular weight excluding hydrogens is 468 g/mol. The second-order valence-corrected chi connectivity index (χ2v) is 8.65. The Morgan fingerprint density at radius 3 is 2.54 bits per heavy atom. The highest BCUT2D eigenvalue weighted by Crippen LogP contribution is 2.29. The lowest BCUT2D eigenvalue weighted by Crippen LogP contribution is -2.34. The average molecular weight is 493 g/mol. The first kappa shape index (κ1) is 24.2. The summed E-state index contributed by atoms with van der Waals surface area (Å²) in [6, 6.07) is 16.7. The van der Waals surface area contributed by atoms with Crippen molar-refractivity contribution in [1.82, 2.24) is 4.98 Å². The van der Waals surface area contributed by atoms with Crippen LogP contribution in [0.15, 0.2) is 60.2 Å². The number of anilines is 1. The van der Waals surface area contributed by atoms with E-state index in [0.29, 0.717) is 27.0 Å². The van der Waals surface area contributed by atoms with E-state index in [-0.39, 0.29) is 19.8 Å². The summed E-state index contributed by atoms with van der Waals surface area (Å²) in [6.07, 6.45) is 1.70. The lowest BCUT2D eigenvalue weighted by Gasteiger charge is -2.21. The summed E-state index contributed by atoms with van der Waals surface area (Å²) in [5.74, 6) is -0.901. The number of carbonyl (C=O) groups excluding carboxylic acids is 3. The van der Waals surface area contributed by atoms with Crippen LogP contribution >= 0.6 is 11.3 Å². The normalized spacial score (nSPS) is 12.1. The molecule has 1 amide bonds. The van der Waals surface area contributed by atoms with Crippen molar-refractivity contribution in [3.63, 3.8) is 0 Å². The third-order valence-corrected chi connectivity index (χ3v) is 6.34. The Hall–Kier alpha value is -3.98. The number of fused-ring (bicyclic) bond motifs is 1. The smallest absolute Gasteiger partial charge is 0.350 e. The van der Waals surface area contributed by atoms with E-state index >= 15 is 0 Å². The number of aromatic nitrogens is 1. The highest BCUT2D eigenvalue weighted by molar-refractivity contribution is 7.17. The Kier molecular flexibility index (Phi) is 7.57. The summed E-state index contributed by atoms with van der Waals surface area (Å²) in [7, 11) is 0. The molecule has 0 saturated heterocycles. The number of aryl methyl sites for hydroxylation is 1. The molecule has 9 heteroatoms. The van der Waals surface area contributed by atoms with Crippen molar-refractivity contribution >= 4 is 40.4 Å². The Balaban J connectivity index is 1.51. The van der Waals surface area contributed by atoms with Gasteiger partial charge in [-0.3, -0.25) is 9.69 Å². The largest absolute Gasteiger partial charge is 0.488 e. The number of carbonyl (C=O) groups is 3. The lowest BCUT2D eigenvalue weighted by atomic mass is 10.1. The first-order valence-corrected chi connectivity index (χ1v) is 11.9. The summed E-state index contributed by atoms with van der Waals surface area (Å²) in [4.78, 5) is 44.3. The van der Waals surface area contributed by atoms with Crippen LogP contribution < -0.4 is 9.64 Å². The monoisotopic (exact) mass is 492 g/mol. The van der Waals surface area contributed by atoms with E-state index in [1.165, 1.54) is 4.90 Å². The second kappa shape index (κ2) is 11.0. The fourth-order valence-corrected chi connectivity index (χ4v) is 4.42.